The van der Waals surface area contributed by atoms with Crippen LogP contribution in [0.15, 0.2) is 54.6 Å². The van der Waals surface area contributed by atoms with Crippen LogP contribution in [-0.4, -0.2) is 60.9 Å². The molecule has 1 aliphatic rings. The molecule has 0 spiro atoms. The van der Waals surface area contributed by atoms with Crippen molar-refractivity contribution in [2.45, 2.75) is 19.4 Å². The SMILES string of the molecule is O=C(CN1CCN(C(=O)CCCOc2cccc(F)c2)CC1)NCc1ccccc1. The van der Waals surface area contributed by atoms with Gasteiger partial charge in [-0.1, -0.05) is 36.4 Å². The number of amides is 2. The van der Waals surface area contributed by atoms with Crippen LogP contribution in [0.1, 0.15) is 18.4 Å². The van der Waals surface area contributed by atoms with Crippen molar-refractivity contribution < 1.29 is 18.7 Å². The lowest BCUT2D eigenvalue weighted by Crippen LogP contribution is -2.51. The van der Waals surface area contributed by atoms with Gasteiger partial charge in [-0.15, -0.1) is 0 Å². The number of ether oxygens (including phenoxy) is 1. The molecule has 0 atom stereocenters. The summed E-state index contributed by atoms with van der Waals surface area (Å²) in [4.78, 5) is 28.4. The summed E-state index contributed by atoms with van der Waals surface area (Å²) in [5.74, 6) is 0.218. The van der Waals surface area contributed by atoms with E-state index in [1.54, 1.807) is 12.1 Å². The van der Waals surface area contributed by atoms with E-state index in [0.29, 0.717) is 64.5 Å². The first kappa shape index (κ1) is 21.8. The Hall–Kier alpha value is -2.93. The van der Waals surface area contributed by atoms with Gasteiger partial charge in [-0.25, -0.2) is 4.39 Å². The van der Waals surface area contributed by atoms with Gasteiger partial charge in [0.05, 0.1) is 13.2 Å². The molecule has 1 saturated heterocycles. The molecule has 2 amide bonds. The zero-order valence-corrected chi connectivity index (χ0v) is 17.1. The van der Waals surface area contributed by atoms with Crippen LogP contribution in [0, 0.1) is 5.82 Å². The van der Waals surface area contributed by atoms with E-state index in [-0.39, 0.29) is 17.6 Å². The summed E-state index contributed by atoms with van der Waals surface area (Å²) in [7, 11) is 0. The summed E-state index contributed by atoms with van der Waals surface area (Å²) in [5.41, 5.74) is 1.07. The number of rotatable bonds is 9. The van der Waals surface area contributed by atoms with Crippen molar-refractivity contribution in [2.75, 3.05) is 39.3 Å². The highest BCUT2D eigenvalue weighted by Crippen LogP contribution is 2.13. The number of hydrogen-bond donors (Lipinski definition) is 1. The van der Waals surface area contributed by atoms with Crippen LogP contribution in [0.25, 0.3) is 0 Å². The number of halogens is 1. The number of piperazine rings is 1. The molecule has 1 aliphatic heterocycles. The fourth-order valence-electron chi connectivity index (χ4n) is 3.34. The van der Waals surface area contributed by atoms with Gasteiger partial charge in [-0.3, -0.25) is 14.5 Å². The molecule has 2 aromatic carbocycles. The van der Waals surface area contributed by atoms with E-state index >= 15 is 0 Å². The van der Waals surface area contributed by atoms with Crippen LogP contribution in [0.4, 0.5) is 4.39 Å². The molecule has 1 heterocycles. The van der Waals surface area contributed by atoms with Gasteiger partial charge in [0.1, 0.15) is 11.6 Å². The second-order valence-electron chi connectivity index (χ2n) is 7.33. The number of hydrogen-bond acceptors (Lipinski definition) is 4. The second-order valence-corrected chi connectivity index (χ2v) is 7.33. The fraction of sp³-hybridized carbons (Fsp3) is 0.391. The van der Waals surface area contributed by atoms with E-state index in [1.165, 1.54) is 12.1 Å². The summed E-state index contributed by atoms with van der Waals surface area (Å²) in [6.07, 6.45) is 0.977. The standard InChI is InChI=1S/C23H28FN3O3/c24-20-8-4-9-21(16-20)30-15-5-10-23(29)27-13-11-26(12-14-27)18-22(28)25-17-19-6-2-1-3-7-19/h1-4,6-9,16H,5,10-15,17-18H2,(H,25,28). The van der Waals surface area contributed by atoms with Gasteiger partial charge < -0.3 is 15.0 Å². The smallest absolute Gasteiger partial charge is 0.234 e. The third-order valence-corrected chi connectivity index (χ3v) is 5.02. The molecule has 1 fully saturated rings. The predicted molar refractivity (Wildman–Crippen MR) is 112 cm³/mol. The van der Waals surface area contributed by atoms with E-state index in [2.05, 4.69) is 10.2 Å². The predicted octanol–water partition coefficient (Wildman–Crippen LogP) is 2.45. The molecule has 30 heavy (non-hydrogen) atoms. The highest BCUT2D eigenvalue weighted by Gasteiger charge is 2.22. The van der Waals surface area contributed by atoms with Gasteiger partial charge in [0.15, 0.2) is 0 Å². The Balaban J connectivity index is 1.28. The van der Waals surface area contributed by atoms with Crippen molar-refractivity contribution in [1.82, 2.24) is 15.1 Å². The van der Waals surface area contributed by atoms with E-state index in [9.17, 15) is 14.0 Å². The first-order chi connectivity index (χ1) is 14.6. The van der Waals surface area contributed by atoms with Crippen LogP contribution >= 0.6 is 0 Å². The zero-order chi connectivity index (χ0) is 21.2. The average molecular weight is 413 g/mol. The van der Waals surface area contributed by atoms with Gasteiger partial charge in [-0.2, -0.15) is 0 Å². The third kappa shape index (κ3) is 7.15. The van der Waals surface area contributed by atoms with E-state index in [1.807, 2.05) is 35.2 Å². The molecule has 7 heteroatoms. The van der Waals surface area contributed by atoms with Crippen LogP contribution in [-0.2, 0) is 16.1 Å². The number of benzene rings is 2. The molecular weight excluding hydrogens is 385 g/mol. The third-order valence-electron chi connectivity index (χ3n) is 5.02. The molecule has 6 nitrogen and oxygen atoms in total. The van der Waals surface area contributed by atoms with Crippen molar-refractivity contribution in [3.05, 3.63) is 66.0 Å². The summed E-state index contributed by atoms with van der Waals surface area (Å²) >= 11 is 0. The summed E-state index contributed by atoms with van der Waals surface area (Å²) in [6, 6.07) is 15.8. The Bertz CT molecular complexity index is 823. The quantitative estimate of drug-likeness (QED) is 0.642. The Morgan fingerprint density at radius 2 is 1.77 bits per heavy atom. The molecule has 160 valence electrons. The lowest BCUT2D eigenvalue weighted by atomic mass is 10.2. The van der Waals surface area contributed by atoms with Gasteiger partial charge in [0.25, 0.3) is 0 Å². The first-order valence-electron chi connectivity index (χ1n) is 10.3. The lowest BCUT2D eigenvalue weighted by molar-refractivity contribution is -0.133. The van der Waals surface area contributed by atoms with Crippen LogP contribution in [0.5, 0.6) is 5.75 Å². The Morgan fingerprint density at radius 1 is 1.00 bits per heavy atom. The highest BCUT2D eigenvalue weighted by molar-refractivity contribution is 5.78. The van der Waals surface area contributed by atoms with E-state index in [0.717, 1.165) is 5.56 Å². The van der Waals surface area contributed by atoms with Gasteiger partial charge in [0.2, 0.25) is 11.8 Å². The van der Waals surface area contributed by atoms with Crippen molar-refractivity contribution in [3.8, 4) is 5.75 Å². The lowest BCUT2D eigenvalue weighted by Gasteiger charge is -2.34. The van der Waals surface area contributed by atoms with Crippen molar-refractivity contribution in [2.24, 2.45) is 0 Å². The zero-order valence-electron chi connectivity index (χ0n) is 17.1. The van der Waals surface area contributed by atoms with Crippen molar-refractivity contribution >= 4 is 11.8 Å². The normalized spacial score (nSPS) is 14.4. The Morgan fingerprint density at radius 3 is 2.50 bits per heavy atom. The van der Waals surface area contributed by atoms with E-state index in [4.69, 9.17) is 4.74 Å². The number of nitrogens with zero attached hydrogens (tertiary/aromatic N) is 2. The molecule has 0 saturated carbocycles. The minimum absolute atomic E-state index is 0.00636. The highest BCUT2D eigenvalue weighted by atomic mass is 19.1. The van der Waals surface area contributed by atoms with Gasteiger partial charge >= 0.3 is 0 Å². The molecule has 0 radical (unpaired) electrons. The second kappa shape index (κ2) is 11.3. The molecular formula is C23H28FN3O3. The topological polar surface area (TPSA) is 61.9 Å². The maximum atomic E-state index is 13.1. The monoisotopic (exact) mass is 413 g/mol. The maximum Gasteiger partial charge on any atom is 0.234 e. The van der Waals surface area contributed by atoms with Crippen molar-refractivity contribution in [1.29, 1.82) is 0 Å². The molecule has 0 unspecified atom stereocenters. The number of carbonyl (C=O) groups excluding carboxylic acids is 2. The minimum Gasteiger partial charge on any atom is -0.493 e. The van der Waals surface area contributed by atoms with Crippen molar-refractivity contribution in [3.63, 3.8) is 0 Å². The van der Waals surface area contributed by atoms with E-state index < -0.39 is 0 Å². The van der Waals surface area contributed by atoms with Gasteiger partial charge in [-0.05, 0) is 24.1 Å². The summed E-state index contributed by atoms with van der Waals surface area (Å²) < 4.78 is 18.6. The minimum atomic E-state index is -0.338. The number of nitrogens with one attached hydrogen (secondary N) is 1. The van der Waals surface area contributed by atoms with Crippen LogP contribution in [0.2, 0.25) is 0 Å². The van der Waals surface area contributed by atoms with Crippen LogP contribution in [0.3, 0.4) is 0 Å². The molecule has 0 aliphatic carbocycles. The fourth-order valence-corrected chi connectivity index (χ4v) is 3.34. The molecule has 2 aromatic rings. The molecule has 1 N–H and O–H groups in total. The number of carbonyl (C=O) groups is 2. The van der Waals surface area contributed by atoms with Gasteiger partial charge in [0, 0.05) is 45.2 Å². The van der Waals surface area contributed by atoms with Crippen LogP contribution < -0.4 is 10.1 Å². The molecule has 0 bridgehead atoms. The maximum absolute atomic E-state index is 13.1. The molecule has 3 rings (SSSR count). The largest absolute Gasteiger partial charge is 0.493 e. The Labute approximate surface area is 176 Å². The average Bonchev–Trinajstić information content (AvgIpc) is 2.76. The Kier molecular flexibility index (Phi) is 8.20. The summed E-state index contributed by atoms with van der Waals surface area (Å²) in [6.45, 7) is 3.85. The summed E-state index contributed by atoms with van der Waals surface area (Å²) in [5, 5.41) is 2.93. The first-order valence-corrected chi connectivity index (χ1v) is 10.3. The molecule has 0 aromatic heterocycles.